The third-order valence-corrected chi connectivity index (χ3v) is 4.28. The summed E-state index contributed by atoms with van der Waals surface area (Å²) in [5.74, 6) is -0.797. The van der Waals surface area contributed by atoms with Crippen molar-refractivity contribution in [3.8, 4) is 0 Å². The molecule has 3 atom stereocenters. The van der Waals surface area contributed by atoms with Gasteiger partial charge in [0.2, 0.25) is 0 Å². The summed E-state index contributed by atoms with van der Waals surface area (Å²) in [5, 5.41) is 9.50. The second-order valence-corrected chi connectivity index (χ2v) is 6.09. The fourth-order valence-corrected chi connectivity index (χ4v) is 3.48. The van der Waals surface area contributed by atoms with Crippen molar-refractivity contribution < 1.29 is 9.90 Å². The van der Waals surface area contributed by atoms with Gasteiger partial charge >= 0.3 is 5.97 Å². The van der Waals surface area contributed by atoms with E-state index in [0.717, 1.165) is 32.4 Å². The van der Waals surface area contributed by atoms with Gasteiger partial charge in [-0.05, 0) is 40.4 Å². The van der Waals surface area contributed by atoms with Crippen molar-refractivity contribution in [2.45, 2.75) is 58.0 Å². The molecule has 0 saturated heterocycles. The molecular formula is C15H30N2O2. The molecule has 0 aromatic rings. The van der Waals surface area contributed by atoms with Crippen LogP contribution in [0.15, 0.2) is 0 Å². The van der Waals surface area contributed by atoms with Gasteiger partial charge in [-0.2, -0.15) is 0 Å². The van der Waals surface area contributed by atoms with E-state index in [-0.39, 0.29) is 12.0 Å². The van der Waals surface area contributed by atoms with E-state index < -0.39 is 5.97 Å². The largest absolute Gasteiger partial charge is 0.481 e. The monoisotopic (exact) mass is 270 g/mol. The van der Waals surface area contributed by atoms with Gasteiger partial charge in [0.25, 0.3) is 0 Å². The lowest BCUT2D eigenvalue weighted by Crippen LogP contribution is -2.50. The van der Waals surface area contributed by atoms with E-state index in [0.29, 0.717) is 6.04 Å². The van der Waals surface area contributed by atoms with Gasteiger partial charge in [-0.15, -0.1) is 0 Å². The van der Waals surface area contributed by atoms with Crippen LogP contribution in [-0.2, 0) is 4.79 Å². The molecule has 0 aliphatic heterocycles. The molecule has 1 saturated carbocycles. The lowest BCUT2D eigenvalue weighted by atomic mass is 9.92. The highest BCUT2D eigenvalue weighted by molar-refractivity contribution is 5.71. The van der Waals surface area contributed by atoms with Crippen LogP contribution in [0.2, 0.25) is 0 Å². The van der Waals surface area contributed by atoms with Crippen LogP contribution in [0, 0.1) is 5.92 Å². The first-order valence-electron chi connectivity index (χ1n) is 7.60. The highest BCUT2D eigenvalue weighted by atomic mass is 16.4. The van der Waals surface area contributed by atoms with Crippen molar-refractivity contribution in [2.24, 2.45) is 5.92 Å². The van der Waals surface area contributed by atoms with Crippen molar-refractivity contribution in [1.29, 1.82) is 0 Å². The predicted octanol–water partition coefficient (Wildman–Crippen LogP) is 2.29. The minimum atomic E-state index is -0.609. The van der Waals surface area contributed by atoms with Crippen molar-refractivity contribution in [1.82, 2.24) is 9.80 Å². The first kappa shape index (κ1) is 16.4. The molecule has 1 rings (SSSR count). The fraction of sp³-hybridized carbons (Fsp3) is 0.933. The Labute approximate surface area is 117 Å². The lowest BCUT2D eigenvalue weighted by Gasteiger charge is -2.39. The molecule has 3 unspecified atom stereocenters. The first-order chi connectivity index (χ1) is 8.97. The Balaban J connectivity index is 2.81. The first-order valence-corrected chi connectivity index (χ1v) is 7.60. The maximum atomic E-state index is 11.5. The fourth-order valence-electron chi connectivity index (χ4n) is 3.48. The SMILES string of the molecule is CCN(C(C)CN(C)C)C1CCCCCC1C(=O)O. The number of nitrogens with zero attached hydrogens (tertiary/aromatic N) is 2. The summed E-state index contributed by atoms with van der Waals surface area (Å²) in [6.45, 7) is 6.28. The summed E-state index contributed by atoms with van der Waals surface area (Å²) in [6.07, 6.45) is 5.28. The Bertz CT molecular complexity index is 281. The van der Waals surface area contributed by atoms with Gasteiger partial charge in [-0.25, -0.2) is 0 Å². The van der Waals surface area contributed by atoms with Crippen LogP contribution in [0.25, 0.3) is 0 Å². The van der Waals surface area contributed by atoms with Crippen molar-refractivity contribution in [3.05, 3.63) is 0 Å². The number of rotatable bonds is 6. The van der Waals surface area contributed by atoms with E-state index in [1.54, 1.807) is 0 Å². The number of carboxylic acid groups (broad SMARTS) is 1. The Kier molecular flexibility index (Phi) is 6.80. The van der Waals surface area contributed by atoms with Crippen LogP contribution in [0.4, 0.5) is 0 Å². The molecule has 1 fully saturated rings. The molecule has 0 bridgehead atoms. The molecular weight excluding hydrogens is 240 g/mol. The van der Waals surface area contributed by atoms with Crippen LogP contribution in [0.3, 0.4) is 0 Å². The second-order valence-electron chi connectivity index (χ2n) is 6.09. The van der Waals surface area contributed by atoms with Crippen LogP contribution in [0.1, 0.15) is 46.0 Å². The normalized spacial score (nSPS) is 26.4. The van der Waals surface area contributed by atoms with Crippen molar-refractivity contribution in [2.75, 3.05) is 27.2 Å². The molecule has 1 aliphatic rings. The highest BCUT2D eigenvalue weighted by Gasteiger charge is 2.34. The van der Waals surface area contributed by atoms with Gasteiger partial charge in [0.05, 0.1) is 5.92 Å². The molecule has 0 aromatic carbocycles. The average Bonchev–Trinajstić information content (AvgIpc) is 2.54. The third kappa shape index (κ3) is 4.77. The van der Waals surface area contributed by atoms with Crippen molar-refractivity contribution in [3.63, 3.8) is 0 Å². The summed E-state index contributed by atoms with van der Waals surface area (Å²) in [4.78, 5) is 16.1. The molecule has 1 N–H and O–H groups in total. The van der Waals surface area contributed by atoms with Crippen LogP contribution in [-0.4, -0.2) is 60.1 Å². The van der Waals surface area contributed by atoms with E-state index in [2.05, 4.69) is 37.7 Å². The minimum absolute atomic E-state index is 0.188. The van der Waals surface area contributed by atoms with E-state index in [1.165, 1.54) is 12.8 Å². The van der Waals surface area contributed by atoms with Gasteiger partial charge in [0.15, 0.2) is 0 Å². The van der Waals surface area contributed by atoms with Gasteiger partial charge in [0.1, 0.15) is 0 Å². The van der Waals surface area contributed by atoms with E-state index in [4.69, 9.17) is 0 Å². The van der Waals surface area contributed by atoms with E-state index in [9.17, 15) is 9.90 Å². The molecule has 19 heavy (non-hydrogen) atoms. The molecule has 112 valence electrons. The van der Waals surface area contributed by atoms with Crippen LogP contribution in [0.5, 0.6) is 0 Å². The zero-order valence-electron chi connectivity index (χ0n) is 12.9. The summed E-state index contributed by atoms with van der Waals surface area (Å²) in [6, 6.07) is 0.616. The molecule has 0 radical (unpaired) electrons. The lowest BCUT2D eigenvalue weighted by molar-refractivity contribution is -0.145. The minimum Gasteiger partial charge on any atom is -0.481 e. The second kappa shape index (κ2) is 7.85. The third-order valence-electron chi connectivity index (χ3n) is 4.28. The Hall–Kier alpha value is -0.610. The maximum Gasteiger partial charge on any atom is 0.308 e. The van der Waals surface area contributed by atoms with Gasteiger partial charge in [0, 0.05) is 18.6 Å². The number of aliphatic carboxylic acids is 1. The number of carbonyl (C=O) groups is 1. The molecule has 1 aliphatic carbocycles. The Morgan fingerprint density at radius 2 is 1.89 bits per heavy atom. The molecule has 0 heterocycles. The number of likely N-dealkylation sites (N-methyl/N-ethyl adjacent to an activating group) is 2. The standard InChI is InChI=1S/C15H30N2O2/c1-5-17(12(2)11-16(3)4)14-10-8-6-7-9-13(14)15(18)19/h12-14H,5-11H2,1-4H3,(H,18,19). The van der Waals surface area contributed by atoms with Gasteiger partial charge in [-0.1, -0.05) is 26.2 Å². The topological polar surface area (TPSA) is 43.8 Å². The molecule has 0 aromatic heterocycles. The zero-order valence-corrected chi connectivity index (χ0v) is 12.9. The van der Waals surface area contributed by atoms with Crippen molar-refractivity contribution >= 4 is 5.97 Å². The maximum absolute atomic E-state index is 11.5. The van der Waals surface area contributed by atoms with E-state index in [1.807, 2.05) is 0 Å². The van der Waals surface area contributed by atoms with Gasteiger partial charge < -0.3 is 10.0 Å². The summed E-state index contributed by atoms with van der Waals surface area (Å²) in [5.41, 5.74) is 0. The highest BCUT2D eigenvalue weighted by Crippen LogP contribution is 2.29. The molecule has 4 heteroatoms. The molecule has 0 spiro atoms. The van der Waals surface area contributed by atoms with E-state index >= 15 is 0 Å². The number of hydrogen-bond donors (Lipinski definition) is 1. The van der Waals surface area contributed by atoms with Crippen LogP contribution >= 0.6 is 0 Å². The molecule has 0 amide bonds. The zero-order chi connectivity index (χ0) is 14.4. The Morgan fingerprint density at radius 3 is 2.42 bits per heavy atom. The number of hydrogen-bond acceptors (Lipinski definition) is 3. The summed E-state index contributed by atoms with van der Waals surface area (Å²) in [7, 11) is 4.15. The summed E-state index contributed by atoms with van der Waals surface area (Å²) < 4.78 is 0. The summed E-state index contributed by atoms with van der Waals surface area (Å²) >= 11 is 0. The number of carboxylic acids is 1. The predicted molar refractivity (Wildman–Crippen MR) is 78.4 cm³/mol. The molecule has 4 nitrogen and oxygen atoms in total. The van der Waals surface area contributed by atoms with Gasteiger partial charge in [-0.3, -0.25) is 9.69 Å². The quantitative estimate of drug-likeness (QED) is 0.752. The average molecular weight is 270 g/mol. The Morgan fingerprint density at radius 1 is 1.26 bits per heavy atom. The smallest absolute Gasteiger partial charge is 0.308 e. The van der Waals surface area contributed by atoms with Crippen LogP contribution < -0.4 is 0 Å².